The van der Waals surface area contributed by atoms with Gasteiger partial charge in [0, 0.05) is 0 Å². The quantitative estimate of drug-likeness (QED) is 0.581. The van der Waals surface area contributed by atoms with Gasteiger partial charge in [-0.15, -0.1) is 25.3 Å². The molecule has 0 fully saturated rings. The molecule has 0 radical (unpaired) electrons. The zero-order valence-corrected chi connectivity index (χ0v) is 7.27. The van der Waals surface area contributed by atoms with Gasteiger partial charge in [-0.3, -0.25) is 9.90 Å². The van der Waals surface area contributed by atoms with Crippen LogP contribution < -0.4 is 0 Å². The Hall–Kier alpha value is -0.130. The summed E-state index contributed by atoms with van der Waals surface area (Å²) in [6.07, 6.45) is 1.70. The molecule has 5 heteroatoms. The standard InChI is InChI=1S/C5H8N2OS2/c1-8-7-2-4(9)6-5(10)3-7/h2,9H,3H2,1H3,(H,6,10). The van der Waals surface area contributed by atoms with Crippen LogP contribution in [0.5, 0.6) is 0 Å². The van der Waals surface area contributed by atoms with Gasteiger partial charge in [0.05, 0.1) is 24.9 Å². The van der Waals surface area contributed by atoms with Crippen molar-refractivity contribution in [3.8, 4) is 0 Å². The maximum Gasteiger partial charge on any atom is 0.112 e. The molecule has 0 amide bonds. The van der Waals surface area contributed by atoms with Crippen LogP contribution in [0.3, 0.4) is 0 Å². The summed E-state index contributed by atoms with van der Waals surface area (Å²) in [5.74, 6) is 0. The maximum atomic E-state index is 4.91. The minimum absolute atomic E-state index is 0.587. The molecule has 0 aromatic heterocycles. The number of thiol groups is 2. The van der Waals surface area contributed by atoms with Crippen molar-refractivity contribution in [2.75, 3.05) is 13.7 Å². The van der Waals surface area contributed by atoms with Crippen LogP contribution in [0.1, 0.15) is 0 Å². The zero-order valence-electron chi connectivity index (χ0n) is 5.48. The Kier molecular flexibility index (Phi) is 2.64. The van der Waals surface area contributed by atoms with Crippen molar-refractivity contribution in [1.82, 2.24) is 5.06 Å². The van der Waals surface area contributed by atoms with Crippen LogP contribution in [0.4, 0.5) is 0 Å². The minimum atomic E-state index is 0.587. The van der Waals surface area contributed by atoms with Gasteiger partial charge in [-0.25, -0.2) is 4.99 Å². The first-order chi connectivity index (χ1) is 4.72. The number of aliphatic imine (C=N–C) groups is 1. The van der Waals surface area contributed by atoms with E-state index in [-0.39, 0.29) is 0 Å². The second kappa shape index (κ2) is 3.32. The second-order valence-corrected chi connectivity index (χ2v) is 2.75. The van der Waals surface area contributed by atoms with E-state index in [1.165, 1.54) is 0 Å². The molecule has 1 heterocycles. The first-order valence-electron chi connectivity index (χ1n) is 2.70. The van der Waals surface area contributed by atoms with Crippen molar-refractivity contribution >= 4 is 30.3 Å². The number of hydrogen-bond acceptors (Lipinski definition) is 4. The van der Waals surface area contributed by atoms with Gasteiger partial charge < -0.3 is 0 Å². The molecular weight excluding hydrogens is 168 g/mol. The van der Waals surface area contributed by atoms with Gasteiger partial charge in [0.15, 0.2) is 0 Å². The molecule has 3 nitrogen and oxygen atoms in total. The summed E-state index contributed by atoms with van der Waals surface area (Å²) in [6.45, 7) is 0.587. The van der Waals surface area contributed by atoms with Crippen LogP contribution in [0.2, 0.25) is 0 Å². The van der Waals surface area contributed by atoms with Crippen LogP contribution >= 0.6 is 25.3 Å². The topological polar surface area (TPSA) is 24.8 Å². The summed E-state index contributed by atoms with van der Waals surface area (Å²) >= 11 is 8.11. The van der Waals surface area contributed by atoms with Crippen LogP contribution in [-0.4, -0.2) is 23.8 Å². The van der Waals surface area contributed by atoms with Crippen LogP contribution in [0.15, 0.2) is 16.2 Å². The van der Waals surface area contributed by atoms with Crippen LogP contribution in [-0.2, 0) is 4.84 Å². The van der Waals surface area contributed by atoms with Gasteiger partial charge in [-0.1, -0.05) is 0 Å². The highest BCUT2D eigenvalue weighted by atomic mass is 32.1. The minimum Gasteiger partial charge on any atom is -0.277 e. The summed E-state index contributed by atoms with van der Waals surface area (Å²) in [4.78, 5) is 8.88. The van der Waals surface area contributed by atoms with Gasteiger partial charge in [0.25, 0.3) is 0 Å². The third-order valence-electron chi connectivity index (χ3n) is 1.03. The number of hydroxylamine groups is 2. The Bertz CT molecular complexity index is 190. The monoisotopic (exact) mass is 176 g/mol. The molecule has 0 unspecified atom stereocenters. The lowest BCUT2D eigenvalue weighted by Gasteiger charge is -2.19. The van der Waals surface area contributed by atoms with E-state index >= 15 is 0 Å². The van der Waals surface area contributed by atoms with E-state index in [2.05, 4.69) is 30.2 Å². The second-order valence-electron chi connectivity index (χ2n) is 1.77. The predicted octanol–water partition coefficient (Wildman–Crippen LogP) is 0.920. The summed E-state index contributed by atoms with van der Waals surface area (Å²) in [6, 6.07) is 0. The molecule has 0 aromatic carbocycles. The predicted molar refractivity (Wildman–Crippen MR) is 47.2 cm³/mol. The fourth-order valence-electron chi connectivity index (χ4n) is 0.628. The molecule has 0 N–H and O–H groups in total. The van der Waals surface area contributed by atoms with Crippen molar-refractivity contribution in [2.45, 2.75) is 0 Å². The first-order valence-corrected chi connectivity index (χ1v) is 3.60. The van der Waals surface area contributed by atoms with Gasteiger partial charge in [0.1, 0.15) is 5.03 Å². The fourth-order valence-corrected chi connectivity index (χ4v) is 1.20. The highest BCUT2D eigenvalue weighted by molar-refractivity contribution is 7.97. The van der Waals surface area contributed by atoms with E-state index in [4.69, 9.17) is 4.84 Å². The maximum absolute atomic E-state index is 4.91. The van der Waals surface area contributed by atoms with Gasteiger partial charge in [-0.2, -0.15) is 0 Å². The molecule has 0 aromatic rings. The molecule has 0 spiro atoms. The highest BCUT2D eigenvalue weighted by Gasteiger charge is 2.07. The smallest absolute Gasteiger partial charge is 0.112 e. The van der Waals surface area contributed by atoms with Crippen molar-refractivity contribution in [3.63, 3.8) is 0 Å². The molecule has 0 saturated heterocycles. The van der Waals surface area contributed by atoms with Gasteiger partial charge >= 0.3 is 0 Å². The molecule has 56 valence electrons. The lowest BCUT2D eigenvalue weighted by Crippen LogP contribution is -2.24. The molecule has 0 bridgehead atoms. The van der Waals surface area contributed by atoms with E-state index in [9.17, 15) is 0 Å². The Balaban J connectivity index is 2.67. The van der Waals surface area contributed by atoms with Crippen molar-refractivity contribution < 1.29 is 4.84 Å². The van der Waals surface area contributed by atoms with E-state index in [1.807, 2.05) is 0 Å². The van der Waals surface area contributed by atoms with Crippen molar-refractivity contribution in [2.24, 2.45) is 4.99 Å². The summed E-state index contributed by atoms with van der Waals surface area (Å²) in [7, 11) is 1.59. The van der Waals surface area contributed by atoms with E-state index in [1.54, 1.807) is 18.4 Å². The highest BCUT2D eigenvalue weighted by Crippen LogP contribution is 2.12. The van der Waals surface area contributed by atoms with Gasteiger partial charge in [-0.05, 0) is 0 Å². The number of rotatable bonds is 1. The van der Waals surface area contributed by atoms with Crippen molar-refractivity contribution in [3.05, 3.63) is 11.2 Å². The average Bonchev–Trinajstić information content (AvgIpc) is 1.85. The lowest BCUT2D eigenvalue weighted by atomic mass is 10.6. The van der Waals surface area contributed by atoms with E-state index < -0.39 is 0 Å². The Morgan fingerprint density at radius 1 is 1.70 bits per heavy atom. The van der Waals surface area contributed by atoms with Gasteiger partial charge in [0.2, 0.25) is 0 Å². The fraction of sp³-hybridized carbons (Fsp3) is 0.400. The molecule has 0 saturated carbocycles. The van der Waals surface area contributed by atoms with Crippen LogP contribution in [0.25, 0.3) is 0 Å². The molecule has 10 heavy (non-hydrogen) atoms. The largest absolute Gasteiger partial charge is 0.277 e. The van der Waals surface area contributed by atoms with E-state index in [0.29, 0.717) is 16.6 Å². The first kappa shape index (κ1) is 7.97. The molecule has 0 atom stereocenters. The molecule has 0 aliphatic carbocycles. The molecule has 1 aliphatic heterocycles. The summed E-state index contributed by atoms with van der Waals surface area (Å²) < 4.78 is 0. The SMILES string of the molecule is CON1C=C(S)N=C(S)C1. The summed E-state index contributed by atoms with van der Waals surface area (Å²) in [5, 5.41) is 2.92. The Morgan fingerprint density at radius 3 is 2.90 bits per heavy atom. The zero-order chi connectivity index (χ0) is 7.56. The Labute approximate surface area is 70.5 Å². The molecule has 1 rings (SSSR count). The number of nitrogens with zero attached hydrogens (tertiary/aromatic N) is 2. The Morgan fingerprint density at radius 2 is 2.40 bits per heavy atom. The average molecular weight is 176 g/mol. The molecule has 1 aliphatic rings. The van der Waals surface area contributed by atoms with Crippen LogP contribution in [0, 0.1) is 0 Å². The summed E-state index contributed by atoms with van der Waals surface area (Å²) in [5.41, 5.74) is 0. The number of hydrogen-bond donors (Lipinski definition) is 2. The third kappa shape index (κ3) is 1.93. The lowest BCUT2D eigenvalue weighted by molar-refractivity contribution is -0.0754. The van der Waals surface area contributed by atoms with Crippen molar-refractivity contribution in [1.29, 1.82) is 0 Å². The van der Waals surface area contributed by atoms with E-state index in [0.717, 1.165) is 0 Å². The normalized spacial score (nSPS) is 18.5. The molecular formula is C5H8N2OS2. The third-order valence-corrected chi connectivity index (χ3v) is 1.49.